The molecule has 0 saturated heterocycles. The van der Waals surface area contributed by atoms with Gasteiger partial charge in [-0.25, -0.2) is 10.4 Å². The summed E-state index contributed by atoms with van der Waals surface area (Å²) in [6.07, 6.45) is 1.45. The van der Waals surface area contributed by atoms with E-state index in [4.69, 9.17) is 9.47 Å². The molecule has 1 heterocycles. The van der Waals surface area contributed by atoms with Crippen molar-refractivity contribution in [1.82, 2.24) is 9.97 Å². The Morgan fingerprint density at radius 2 is 2.19 bits per heavy atom. The Labute approximate surface area is 155 Å². The van der Waals surface area contributed by atoms with Crippen molar-refractivity contribution < 1.29 is 14.4 Å². The summed E-state index contributed by atoms with van der Waals surface area (Å²) in [6, 6.07) is 8.86. The number of methoxy groups -OCH3 is 1. The summed E-state index contributed by atoms with van der Waals surface area (Å²) in [5.41, 5.74) is 5.92. The SMILES string of the molecule is CCOc1c(OC)cc(/C=N\Nc2nc3ccc(C)cc3[nH]2)cc1[N+](=O)[O-]. The predicted octanol–water partition coefficient (Wildman–Crippen LogP) is 3.63. The fourth-order valence-corrected chi connectivity index (χ4v) is 2.60. The van der Waals surface area contributed by atoms with Crippen molar-refractivity contribution in [2.75, 3.05) is 19.1 Å². The van der Waals surface area contributed by atoms with Gasteiger partial charge in [-0.1, -0.05) is 6.07 Å². The van der Waals surface area contributed by atoms with Crippen LogP contribution in [0.15, 0.2) is 35.4 Å². The number of fused-ring (bicyclic) bond motifs is 1. The van der Waals surface area contributed by atoms with Crippen LogP contribution < -0.4 is 14.9 Å². The minimum absolute atomic E-state index is 0.0998. The van der Waals surface area contributed by atoms with Crippen molar-refractivity contribution in [2.45, 2.75) is 13.8 Å². The van der Waals surface area contributed by atoms with Crippen molar-refractivity contribution in [3.63, 3.8) is 0 Å². The lowest BCUT2D eigenvalue weighted by Gasteiger charge is -2.10. The average Bonchev–Trinajstić information content (AvgIpc) is 3.04. The van der Waals surface area contributed by atoms with Gasteiger partial charge in [-0.15, -0.1) is 0 Å². The third kappa shape index (κ3) is 3.97. The van der Waals surface area contributed by atoms with Crippen molar-refractivity contribution in [1.29, 1.82) is 0 Å². The molecule has 0 aliphatic carbocycles. The summed E-state index contributed by atoms with van der Waals surface area (Å²) in [6.45, 7) is 4.03. The minimum atomic E-state index is -0.514. The highest BCUT2D eigenvalue weighted by atomic mass is 16.6. The first-order valence-electron chi connectivity index (χ1n) is 8.26. The number of nitro benzene ring substituents is 1. The molecule has 0 aliphatic heterocycles. The molecule has 27 heavy (non-hydrogen) atoms. The lowest BCUT2D eigenvalue weighted by atomic mass is 10.2. The van der Waals surface area contributed by atoms with Crippen LogP contribution in [0.5, 0.6) is 11.5 Å². The van der Waals surface area contributed by atoms with Crippen LogP contribution in [0, 0.1) is 17.0 Å². The first-order valence-corrected chi connectivity index (χ1v) is 8.26. The first kappa shape index (κ1) is 18.2. The second-order valence-electron chi connectivity index (χ2n) is 5.74. The number of ether oxygens (including phenoxy) is 2. The third-order valence-electron chi connectivity index (χ3n) is 3.78. The van der Waals surface area contributed by atoms with E-state index in [0.29, 0.717) is 11.5 Å². The van der Waals surface area contributed by atoms with E-state index in [1.54, 1.807) is 13.0 Å². The van der Waals surface area contributed by atoms with Crippen LogP contribution in [-0.2, 0) is 0 Å². The third-order valence-corrected chi connectivity index (χ3v) is 3.78. The van der Waals surface area contributed by atoms with Gasteiger partial charge in [0, 0.05) is 11.6 Å². The normalized spacial score (nSPS) is 11.1. The zero-order valence-electron chi connectivity index (χ0n) is 15.1. The van der Waals surface area contributed by atoms with Gasteiger partial charge >= 0.3 is 5.69 Å². The Bertz CT molecular complexity index is 1010. The standard InChI is InChI=1S/C18H19N5O4/c1-4-27-17-15(23(24)25)8-12(9-16(17)26-3)10-19-22-18-20-13-6-5-11(2)7-14(13)21-18/h5-10H,4H2,1-3H3,(H2,20,21,22)/b19-10-. The number of nitrogens with one attached hydrogen (secondary N) is 2. The summed E-state index contributed by atoms with van der Waals surface area (Å²) >= 11 is 0. The van der Waals surface area contributed by atoms with Gasteiger partial charge in [0.2, 0.25) is 11.7 Å². The zero-order chi connectivity index (χ0) is 19.4. The lowest BCUT2D eigenvalue weighted by molar-refractivity contribution is -0.385. The molecule has 9 heteroatoms. The maximum Gasteiger partial charge on any atom is 0.315 e. The molecule has 0 unspecified atom stereocenters. The summed E-state index contributed by atoms with van der Waals surface area (Å²) < 4.78 is 10.6. The largest absolute Gasteiger partial charge is 0.493 e. The molecule has 3 rings (SSSR count). The second kappa shape index (κ2) is 7.73. The van der Waals surface area contributed by atoms with Crippen LogP contribution in [0.4, 0.5) is 11.6 Å². The molecule has 2 aromatic carbocycles. The van der Waals surface area contributed by atoms with E-state index < -0.39 is 4.92 Å². The average molecular weight is 369 g/mol. The van der Waals surface area contributed by atoms with E-state index in [-0.39, 0.29) is 23.8 Å². The van der Waals surface area contributed by atoms with Crippen molar-refractivity contribution >= 4 is 28.9 Å². The van der Waals surface area contributed by atoms with Gasteiger partial charge in [0.1, 0.15) is 0 Å². The van der Waals surface area contributed by atoms with Crippen LogP contribution in [0.3, 0.4) is 0 Å². The number of anilines is 1. The Kier molecular flexibility index (Phi) is 5.20. The van der Waals surface area contributed by atoms with E-state index in [1.807, 2.05) is 25.1 Å². The zero-order valence-corrected chi connectivity index (χ0v) is 15.1. The fraction of sp³-hybridized carbons (Fsp3) is 0.222. The molecule has 0 aliphatic rings. The topological polar surface area (TPSA) is 115 Å². The van der Waals surface area contributed by atoms with E-state index in [1.165, 1.54) is 19.4 Å². The quantitative estimate of drug-likeness (QED) is 0.373. The van der Waals surface area contributed by atoms with Gasteiger partial charge in [-0.3, -0.25) is 10.1 Å². The van der Waals surface area contributed by atoms with Crippen molar-refractivity contribution in [3.05, 3.63) is 51.6 Å². The van der Waals surface area contributed by atoms with Crippen LogP contribution in [0.25, 0.3) is 11.0 Å². The number of rotatable bonds is 7. The van der Waals surface area contributed by atoms with Gasteiger partial charge < -0.3 is 14.5 Å². The molecule has 0 saturated carbocycles. The molecule has 2 N–H and O–H groups in total. The minimum Gasteiger partial charge on any atom is -0.493 e. The molecule has 0 spiro atoms. The van der Waals surface area contributed by atoms with E-state index in [2.05, 4.69) is 20.5 Å². The van der Waals surface area contributed by atoms with Crippen molar-refractivity contribution in [2.24, 2.45) is 5.10 Å². The van der Waals surface area contributed by atoms with Crippen molar-refractivity contribution in [3.8, 4) is 11.5 Å². The smallest absolute Gasteiger partial charge is 0.315 e. The van der Waals surface area contributed by atoms with Crippen LogP contribution in [0.1, 0.15) is 18.1 Å². The molecule has 9 nitrogen and oxygen atoms in total. The Morgan fingerprint density at radius 1 is 1.37 bits per heavy atom. The number of hydrazone groups is 1. The molecule has 0 bridgehead atoms. The number of aromatic amines is 1. The Hall–Kier alpha value is -3.62. The summed E-state index contributed by atoms with van der Waals surface area (Å²) in [5, 5.41) is 15.4. The summed E-state index contributed by atoms with van der Waals surface area (Å²) in [4.78, 5) is 18.3. The maximum absolute atomic E-state index is 11.3. The molecule has 0 fully saturated rings. The number of nitrogens with zero attached hydrogens (tertiary/aromatic N) is 3. The number of aromatic nitrogens is 2. The molecular weight excluding hydrogens is 350 g/mol. The highest BCUT2D eigenvalue weighted by Crippen LogP contribution is 2.37. The summed E-state index contributed by atoms with van der Waals surface area (Å²) in [5.74, 6) is 0.841. The monoisotopic (exact) mass is 369 g/mol. The van der Waals surface area contributed by atoms with Gasteiger partial charge in [0.15, 0.2) is 5.75 Å². The highest BCUT2D eigenvalue weighted by Gasteiger charge is 2.21. The fourth-order valence-electron chi connectivity index (χ4n) is 2.60. The van der Waals surface area contributed by atoms with Crippen LogP contribution in [0.2, 0.25) is 0 Å². The Morgan fingerprint density at radius 3 is 2.89 bits per heavy atom. The van der Waals surface area contributed by atoms with Crippen LogP contribution >= 0.6 is 0 Å². The van der Waals surface area contributed by atoms with Crippen LogP contribution in [-0.4, -0.2) is 34.8 Å². The summed E-state index contributed by atoms with van der Waals surface area (Å²) in [7, 11) is 1.43. The molecule has 0 amide bonds. The molecule has 0 atom stereocenters. The van der Waals surface area contributed by atoms with Gasteiger partial charge in [0.05, 0.1) is 35.9 Å². The maximum atomic E-state index is 11.3. The highest BCUT2D eigenvalue weighted by molar-refractivity contribution is 5.84. The first-order chi connectivity index (χ1) is 13.0. The number of H-pyrrole nitrogens is 1. The Balaban J connectivity index is 1.85. The number of nitro groups is 1. The molecule has 0 radical (unpaired) electrons. The number of hydrogen-bond donors (Lipinski definition) is 2. The number of aryl methyl sites for hydroxylation is 1. The molecule has 140 valence electrons. The van der Waals surface area contributed by atoms with Gasteiger partial charge in [-0.2, -0.15) is 5.10 Å². The number of benzene rings is 2. The molecular formula is C18H19N5O4. The lowest BCUT2D eigenvalue weighted by Crippen LogP contribution is -2.02. The predicted molar refractivity (Wildman–Crippen MR) is 103 cm³/mol. The van der Waals surface area contributed by atoms with E-state index >= 15 is 0 Å². The van der Waals surface area contributed by atoms with E-state index in [0.717, 1.165) is 16.6 Å². The number of hydrogen-bond acceptors (Lipinski definition) is 7. The molecule has 3 aromatic rings. The molecule has 1 aromatic heterocycles. The second-order valence-corrected chi connectivity index (χ2v) is 5.74. The van der Waals surface area contributed by atoms with Gasteiger partial charge in [-0.05, 0) is 37.6 Å². The van der Waals surface area contributed by atoms with E-state index in [9.17, 15) is 10.1 Å². The number of imidazole rings is 1. The van der Waals surface area contributed by atoms with Gasteiger partial charge in [0.25, 0.3) is 0 Å².